The van der Waals surface area contributed by atoms with Gasteiger partial charge in [0.2, 0.25) is 0 Å². The lowest BCUT2D eigenvalue weighted by molar-refractivity contribution is 0.638. The van der Waals surface area contributed by atoms with Crippen LogP contribution in [0.2, 0.25) is 0 Å². The molecule has 0 heterocycles. The van der Waals surface area contributed by atoms with Gasteiger partial charge in [0, 0.05) is 0 Å². The summed E-state index contributed by atoms with van der Waals surface area (Å²) >= 11 is 6.25. The maximum Gasteiger partial charge on any atom is 0.303 e. The molecule has 2 aromatic carbocycles. The van der Waals surface area contributed by atoms with Crippen LogP contribution in [0.5, 0.6) is 0 Å². The average Bonchev–Trinajstić information content (AvgIpc) is 2.31. The Labute approximate surface area is 94.5 Å². The van der Waals surface area contributed by atoms with Crippen LogP contribution in [0.1, 0.15) is 0 Å². The van der Waals surface area contributed by atoms with Gasteiger partial charge in [-0.15, -0.1) is 0 Å². The first kappa shape index (κ1) is 10.6. The minimum atomic E-state index is -2.68. The lowest BCUT2D eigenvalue weighted by atomic mass is 10.4. The van der Waals surface area contributed by atoms with Crippen LogP contribution in [-0.4, -0.2) is 4.89 Å². The Kier molecular flexibility index (Phi) is 3.06. The van der Waals surface area contributed by atoms with E-state index in [1.54, 1.807) is 0 Å². The van der Waals surface area contributed by atoms with Gasteiger partial charge in [-0.05, 0) is 24.3 Å². The van der Waals surface area contributed by atoms with E-state index in [0.717, 1.165) is 10.6 Å². The van der Waals surface area contributed by atoms with Crippen molar-refractivity contribution in [1.82, 2.24) is 0 Å². The summed E-state index contributed by atoms with van der Waals surface area (Å²) in [5, 5.41) is 1.58. The highest BCUT2D eigenvalue weighted by atomic mass is 35.7. The van der Waals surface area contributed by atoms with Crippen molar-refractivity contribution >= 4 is 28.7 Å². The topological polar surface area (TPSA) is 20.2 Å². The number of hydrogen-bond acceptors (Lipinski definition) is 1. The second-order valence-corrected chi connectivity index (χ2v) is 6.84. The molecule has 76 valence electrons. The van der Waals surface area contributed by atoms with E-state index in [2.05, 4.69) is 0 Å². The van der Waals surface area contributed by atoms with Crippen molar-refractivity contribution in [1.29, 1.82) is 0 Å². The van der Waals surface area contributed by atoms with Gasteiger partial charge in [0.05, 0.1) is 0 Å². The van der Waals surface area contributed by atoms with Crippen molar-refractivity contribution in [3.8, 4) is 0 Å². The van der Waals surface area contributed by atoms with Gasteiger partial charge in [0.25, 0.3) is 0 Å². The Hall–Kier alpha value is -0.880. The average molecular weight is 238 g/mol. The zero-order valence-corrected chi connectivity index (χ0v) is 9.70. The summed E-state index contributed by atoms with van der Waals surface area (Å²) in [4.78, 5) is 10.3. The molecule has 1 nitrogen and oxygen atoms in total. The molecule has 0 atom stereocenters. The standard InChI is InChI=1S/C12H11ClOP/c13-15(14,11-7-3-1-4-8-11)12-9-5-2-6-10-12/h1-10,14H/q+1. The van der Waals surface area contributed by atoms with Crippen molar-refractivity contribution < 1.29 is 4.89 Å². The summed E-state index contributed by atoms with van der Waals surface area (Å²) in [6.45, 7) is -2.68. The molecule has 0 bridgehead atoms. The Morgan fingerprint density at radius 1 is 0.733 bits per heavy atom. The first-order chi connectivity index (χ1) is 7.21. The van der Waals surface area contributed by atoms with E-state index in [4.69, 9.17) is 11.2 Å². The molecule has 0 aromatic heterocycles. The summed E-state index contributed by atoms with van der Waals surface area (Å²) in [6, 6.07) is 18.8. The van der Waals surface area contributed by atoms with Crippen LogP contribution in [0, 0.1) is 0 Å². The molecule has 15 heavy (non-hydrogen) atoms. The SMILES string of the molecule is O[P+](Cl)(c1ccccc1)c1ccccc1. The highest BCUT2D eigenvalue weighted by molar-refractivity contribution is 8.05. The predicted octanol–water partition coefficient (Wildman–Crippen LogP) is 2.72. The van der Waals surface area contributed by atoms with E-state index in [1.165, 1.54) is 0 Å². The van der Waals surface area contributed by atoms with Gasteiger partial charge in [0.1, 0.15) is 21.8 Å². The summed E-state index contributed by atoms with van der Waals surface area (Å²) < 4.78 is 0. The third kappa shape index (κ3) is 2.21. The molecule has 0 fully saturated rings. The molecule has 1 N–H and O–H groups in total. The van der Waals surface area contributed by atoms with Gasteiger partial charge in [-0.3, -0.25) is 0 Å². The minimum absolute atomic E-state index is 0.790. The molecular weight excluding hydrogens is 227 g/mol. The van der Waals surface area contributed by atoms with Crippen LogP contribution in [0.25, 0.3) is 0 Å². The fourth-order valence-electron chi connectivity index (χ4n) is 1.40. The fraction of sp³-hybridized carbons (Fsp3) is 0. The number of rotatable bonds is 2. The summed E-state index contributed by atoms with van der Waals surface area (Å²) in [5.41, 5.74) is 0. The Morgan fingerprint density at radius 2 is 1.07 bits per heavy atom. The molecule has 0 aliphatic carbocycles. The van der Waals surface area contributed by atoms with E-state index in [0.29, 0.717) is 0 Å². The molecule has 0 saturated heterocycles. The van der Waals surface area contributed by atoms with E-state index < -0.39 is 6.84 Å². The molecule has 0 spiro atoms. The minimum Gasteiger partial charge on any atom is -0.222 e. The zero-order chi connectivity index (χ0) is 10.7. The van der Waals surface area contributed by atoms with Crippen molar-refractivity contribution in [2.24, 2.45) is 0 Å². The number of benzene rings is 2. The third-order valence-corrected chi connectivity index (χ3v) is 5.33. The first-order valence-corrected chi connectivity index (χ1v) is 7.28. The predicted molar refractivity (Wildman–Crippen MR) is 67.1 cm³/mol. The molecule has 0 radical (unpaired) electrons. The summed E-state index contributed by atoms with van der Waals surface area (Å²) in [5.74, 6) is 0. The molecule has 0 saturated carbocycles. The third-order valence-electron chi connectivity index (χ3n) is 2.20. The van der Waals surface area contributed by atoms with Crippen LogP contribution in [0.15, 0.2) is 60.7 Å². The molecular formula is C12H11ClOP+. The fourth-order valence-corrected chi connectivity index (χ4v) is 3.51. The van der Waals surface area contributed by atoms with Gasteiger partial charge in [0.15, 0.2) is 0 Å². The highest BCUT2D eigenvalue weighted by Gasteiger charge is 2.39. The molecule has 3 heteroatoms. The second kappa shape index (κ2) is 4.32. The zero-order valence-electron chi connectivity index (χ0n) is 8.05. The number of halogens is 1. The van der Waals surface area contributed by atoms with E-state index >= 15 is 0 Å². The quantitative estimate of drug-likeness (QED) is 0.797. The first-order valence-electron chi connectivity index (χ1n) is 4.64. The van der Waals surface area contributed by atoms with E-state index in [-0.39, 0.29) is 0 Å². The smallest absolute Gasteiger partial charge is 0.222 e. The van der Waals surface area contributed by atoms with Gasteiger partial charge in [-0.25, -0.2) is 4.89 Å². The van der Waals surface area contributed by atoms with Crippen LogP contribution in [-0.2, 0) is 0 Å². The molecule has 0 aliphatic heterocycles. The molecule has 0 unspecified atom stereocenters. The Morgan fingerprint density at radius 3 is 1.40 bits per heavy atom. The lowest BCUT2D eigenvalue weighted by Gasteiger charge is -2.10. The summed E-state index contributed by atoms with van der Waals surface area (Å²) in [6.07, 6.45) is 0. The number of hydrogen-bond donors (Lipinski definition) is 1. The van der Waals surface area contributed by atoms with Gasteiger partial charge >= 0.3 is 6.84 Å². The van der Waals surface area contributed by atoms with Crippen LogP contribution in [0.3, 0.4) is 0 Å². The molecule has 0 aliphatic rings. The maximum absolute atomic E-state index is 10.3. The van der Waals surface area contributed by atoms with Gasteiger partial charge < -0.3 is 0 Å². The lowest BCUT2D eigenvalue weighted by Crippen LogP contribution is -2.16. The molecule has 2 aromatic rings. The van der Waals surface area contributed by atoms with Crippen molar-refractivity contribution in [2.75, 3.05) is 0 Å². The highest BCUT2D eigenvalue weighted by Crippen LogP contribution is 2.57. The normalized spacial score (nSPS) is 11.3. The van der Waals surface area contributed by atoms with Crippen LogP contribution < -0.4 is 10.6 Å². The Bertz CT molecular complexity index is 386. The van der Waals surface area contributed by atoms with Gasteiger partial charge in [-0.2, -0.15) is 0 Å². The molecule has 2 rings (SSSR count). The summed E-state index contributed by atoms with van der Waals surface area (Å²) in [7, 11) is 0. The molecule has 0 amide bonds. The van der Waals surface area contributed by atoms with E-state index in [9.17, 15) is 4.89 Å². The van der Waals surface area contributed by atoms with Crippen LogP contribution >= 0.6 is 18.1 Å². The van der Waals surface area contributed by atoms with E-state index in [1.807, 2.05) is 60.7 Å². The Balaban J connectivity index is 2.44. The van der Waals surface area contributed by atoms with Crippen molar-refractivity contribution in [3.63, 3.8) is 0 Å². The maximum atomic E-state index is 10.3. The second-order valence-electron chi connectivity index (χ2n) is 3.23. The van der Waals surface area contributed by atoms with Gasteiger partial charge in [-0.1, -0.05) is 36.4 Å². The van der Waals surface area contributed by atoms with Crippen molar-refractivity contribution in [2.45, 2.75) is 0 Å². The largest absolute Gasteiger partial charge is 0.303 e. The van der Waals surface area contributed by atoms with Crippen molar-refractivity contribution in [3.05, 3.63) is 60.7 Å². The van der Waals surface area contributed by atoms with Crippen LogP contribution in [0.4, 0.5) is 0 Å². The monoisotopic (exact) mass is 237 g/mol.